The molecule has 7 rings (SSSR count). The first-order chi connectivity index (χ1) is 17.8. The van der Waals surface area contributed by atoms with Crippen LogP contribution in [0, 0.1) is 69.0 Å². The van der Waals surface area contributed by atoms with Gasteiger partial charge in [-0.2, -0.15) is 0 Å². The molecule has 4 saturated carbocycles. The van der Waals surface area contributed by atoms with Gasteiger partial charge < -0.3 is 25.2 Å². The highest BCUT2D eigenvalue weighted by Gasteiger charge is 2.80. The number of fused-ring (bicyclic) bond motifs is 1. The topological polar surface area (TPSA) is 107 Å². The fourth-order valence-corrected chi connectivity index (χ4v) is 11.9. The first kappa shape index (κ1) is 27.2. The second-order valence-electron chi connectivity index (χ2n) is 15.3. The standard InChI is InChI=1S/C32H50O6/c1-16(2)17(3)26(35)27(36)18(4)19-7-8-23-29(19,5)10-9-24-30(6)13-21(33)22(34)14-31(30)11-12-32(23,24)20-15-38-28(37)25(20)31/h11-12,16-27,33-36H,7-10,13-15H2,1-6H3/t17-,18+,19-,20-,21+,22-,23-,24-,25-,26-,27-,29-,30-,31+,32+/m1/s1. The van der Waals surface area contributed by atoms with Crippen molar-refractivity contribution in [1.29, 1.82) is 0 Å². The molecule has 1 saturated heterocycles. The number of cyclic esters (lactones) is 1. The van der Waals surface area contributed by atoms with Crippen LogP contribution in [0.15, 0.2) is 12.2 Å². The first-order valence-electron chi connectivity index (χ1n) is 15.4. The van der Waals surface area contributed by atoms with E-state index in [0.29, 0.717) is 37.2 Å². The largest absolute Gasteiger partial charge is 0.465 e. The molecule has 214 valence electrons. The van der Waals surface area contributed by atoms with Crippen LogP contribution in [0.2, 0.25) is 0 Å². The van der Waals surface area contributed by atoms with Crippen LogP contribution in [0.5, 0.6) is 0 Å². The Balaban J connectivity index is 1.40. The van der Waals surface area contributed by atoms with Gasteiger partial charge in [0.05, 0.1) is 36.9 Å². The summed E-state index contributed by atoms with van der Waals surface area (Å²) in [5.41, 5.74) is -0.953. The fraction of sp³-hybridized carbons (Fsp3) is 0.906. The molecule has 5 fully saturated rings. The number of aliphatic hydroxyl groups is 4. The number of allylic oxidation sites excluding steroid dienone is 2. The van der Waals surface area contributed by atoms with E-state index in [2.05, 4.69) is 46.8 Å². The van der Waals surface area contributed by atoms with E-state index in [1.807, 2.05) is 6.92 Å². The van der Waals surface area contributed by atoms with Gasteiger partial charge in [0.15, 0.2) is 0 Å². The highest BCUT2D eigenvalue weighted by Crippen LogP contribution is 2.82. The second kappa shape index (κ2) is 8.53. The van der Waals surface area contributed by atoms with E-state index in [4.69, 9.17) is 4.74 Å². The quantitative estimate of drug-likeness (QED) is 0.317. The minimum Gasteiger partial charge on any atom is -0.465 e. The highest BCUT2D eigenvalue weighted by molar-refractivity contribution is 5.78. The Labute approximate surface area is 228 Å². The lowest BCUT2D eigenvalue weighted by molar-refractivity contribution is -0.258. The molecular weight excluding hydrogens is 480 g/mol. The van der Waals surface area contributed by atoms with E-state index in [1.54, 1.807) is 0 Å². The van der Waals surface area contributed by atoms with Gasteiger partial charge in [-0.25, -0.2) is 0 Å². The number of hydrogen-bond donors (Lipinski definition) is 4. The first-order valence-corrected chi connectivity index (χ1v) is 15.4. The molecule has 6 aliphatic carbocycles. The van der Waals surface area contributed by atoms with Crippen LogP contribution < -0.4 is 0 Å². The molecule has 2 bridgehead atoms. The van der Waals surface area contributed by atoms with E-state index in [-0.39, 0.29) is 51.8 Å². The van der Waals surface area contributed by atoms with Crippen LogP contribution in [0.1, 0.15) is 80.1 Å². The van der Waals surface area contributed by atoms with E-state index >= 15 is 0 Å². The Morgan fingerprint density at radius 3 is 2.29 bits per heavy atom. The highest BCUT2D eigenvalue weighted by atomic mass is 16.5. The summed E-state index contributed by atoms with van der Waals surface area (Å²) >= 11 is 0. The number of rotatable bonds is 5. The molecule has 38 heavy (non-hydrogen) atoms. The van der Waals surface area contributed by atoms with Gasteiger partial charge in [0.2, 0.25) is 0 Å². The summed E-state index contributed by atoms with van der Waals surface area (Å²) < 4.78 is 5.85. The van der Waals surface area contributed by atoms with Crippen molar-refractivity contribution in [2.24, 2.45) is 69.0 Å². The summed E-state index contributed by atoms with van der Waals surface area (Å²) in [4.78, 5) is 13.4. The van der Waals surface area contributed by atoms with E-state index in [1.165, 1.54) is 0 Å². The SMILES string of the molecule is CC(C)[C@@H](C)[C@@H](O)[C@H](O)[C@@H](C)[C@H]1CC[C@@H]2[C@]1(C)CC[C@H]1[C@]23C=C[C@]2(C[C@@H](O)[C@@H](O)C[C@]12C)[C@H]1C(=O)OC[C@H]13. The molecule has 4 N–H and O–H groups in total. The van der Waals surface area contributed by atoms with E-state index in [0.717, 1.165) is 25.7 Å². The molecule has 15 atom stereocenters. The summed E-state index contributed by atoms with van der Waals surface area (Å²) in [6.45, 7) is 13.5. The third-order valence-corrected chi connectivity index (χ3v) is 14.1. The normalized spacial score (nSPS) is 54.0. The Hall–Kier alpha value is -0.950. The monoisotopic (exact) mass is 530 g/mol. The fourth-order valence-electron chi connectivity index (χ4n) is 11.9. The average molecular weight is 531 g/mol. The number of ether oxygens (including phenoxy) is 1. The van der Waals surface area contributed by atoms with E-state index < -0.39 is 29.8 Å². The molecule has 1 heterocycles. The summed E-state index contributed by atoms with van der Waals surface area (Å²) in [5, 5.41) is 44.2. The van der Waals surface area contributed by atoms with Gasteiger partial charge >= 0.3 is 5.97 Å². The Kier molecular flexibility index (Phi) is 6.11. The van der Waals surface area contributed by atoms with Gasteiger partial charge in [-0.3, -0.25) is 4.79 Å². The van der Waals surface area contributed by atoms with Crippen LogP contribution >= 0.6 is 0 Å². The van der Waals surface area contributed by atoms with Crippen molar-refractivity contribution < 1.29 is 30.0 Å². The predicted octanol–water partition coefficient (Wildman–Crippen LogP) is 3.95. The van der Waals surface area contributed by atoms with Crippen molar-refractivity contribution in [3.05, 3.63) is 12.2 Å². The van der Waals surface area contributed by atoms with Gasteiger partial charge in [-0.05, 0) is 84.9 Å². The molecule has 2 spiro atoms. The average Bonchev–Trinajstić information content (AvgIpc) is 3.44. The molecule has 1 aliphatic heterocycles. The summed E-state index contributed by atoms with van der Waals surface area (Å²) in [7, 11) is 0. The molecular formula is C32H50O6. The Morgan fingerprint density at radius 1 is 0.921 bits per heavy atom. The van der Waals surface area contributed by atoms with Crippen LogP contribution in [-0.2, 0) is 9.53 Å². The zero-order chi connectivity index (χ0) is 27.6. The van der Waals surface area contributed by atoms with Gasteiger partial charge in [-0.1, -0.05) is 53.7 Å². The lowest BCUT2D eigenvalue weighted by atomic mass is 9.28. The molecule has 0 aromatic rings. The van der Waals surface area contributed by atoms with Crippen molar-refractivity contribution in [2.75, 3.05) is 6.61 Å². The molecule has 0 unspecified atom stereocenters. The molecule has 6 heteroatoms. The molecule has 0 aromatic carbocycles. The zero-order valence-corrected chi connectivity index (χ0v) is 24.1. The number of carbonyl (C=O) groups is 1. The van der Waals surface area contributed by atoms with Crippen molar-refractivity contribution in [2.45, 2.75) is 104 Å². The van der Waals surface area contributed by atoms with Crippen molar-refractivity contribution in [3.63, 3.8) is 0 Å². The molecule has 0 amide bonds. The number of esters is 1. The van der Waals surface area contributed by atoms with Gasteiger partial charge in [-0.15, -0.1) is 0 Å². The number of hydrogen-bond acceptors (Lipinski definition) is 6. The summed E-state index contributed by atoms with van der Waals surface area (Å²) in [6.07, 6.45) is 6.70. The summed E-state index contributed by atoms with van der Waals surface area (Å²) in [6, 6.07) is 0. The van der Waals surface area contributed by atoms with Crippen molar-refractivity contribution >= 4 is 5.97 Å². The molecule has 0 radical (unpaired) electrons. The number of aliphatic hydroxyl groups excluding tert-OH is 4. The minimum absolute atomic E-state index is 0.0152. The van der Waals surface area contributed by atoms with Crippen LogP contribution in [0.3, 0.4) is 0 Å². The molecule has 7 aliphatic rings. The second-order valence-corrected chi connectivity index (χ2v) is 15.3. The molecule has 0 aromatic heterocycles. The van der Waals surface area contributed by atoms with Crippen molar-refractivity contribution in [3.8, 4) is 0 Å². The maximum atomic E-state index is 13.4. The molecule has 6 nitrogen and oxygen atoms in total. The third-order valence-electron chi connectivity index (χ3n) is 14.1. The van der Waals surface area contributed by atoms with Gasteiger partial charge in [0.1, 0.15) is 0 Å². The van der Waals surface area contributed by atoms with Crippen molar-refractivity contribution in [1.82, 2.24) is 0 Å². The third kappa shape index (κ3) is 3.07. The van der Waals surface area contributed by atoms with Gasteiger partial charge in [0, 0.05) is 16.7 Å². The maximum Gasteiger partial charge on any atom is 0.310 e. The smallest absolute Gasteiger partial charge is 0.310 e. The Morgan fingerprint density at radius 2 is 1.61 bits per heavy atom. The number of carbonyl (C=O) groups excluding carboxylic acids is 1. The van der Waals surface area contributed by atoms with E-state index in [9.17, 15) is 25.2 Å². The lowest BCUT2D eigenvalue weighted by Crippen LogP contribution is -2.73. The lowest BCUT2D eigenvalue weighted by Gasteiger charge is -2.75. The van der Waals surface area contributed by atoms with Crippen LogP contribution in [0.25, 0.3) is 0 Å². The van der Waals surface area contributed by atoms with Gasteiger partial charge in [0.25, 0.3) is 0 Å². The Bertz CT molecular complexity index is 1010. The summed E-state index contributed by atoms with van der Waals surface area (Å²) in [5.74, 6) is 0.959. The van der Waals surface area contributed by atoms with Crippen LogP contribution in [-0.4, -0.2) is 57.4 Å². The predicted molar refractivity (Wildman–Crippen MR) is 144 cm³/mol. The zero-order valence-electron chi connectivity index (χ0n) is 24.1. The minimum atomic E-state index is -0.820. The van der Waals surface area contributed by atoms with Crippen LogP contribution in [0.4, 0.5) is 0 Å². The maximum absolute atomic E-state index is 13.4.